The highest BCUT2D eigenvalue weighted by molar-refractivity contribution is 5.93. The third kappa shape index (κ3) is 2.17. The molecule has 96 valence electrons. The third-order valence-corrected chi connectivity index (χ3v) is 3.19. The molecule has 0 aromatic heterocycles. The molecule has 1 unspecified atom stereocenters. The van der Waals surface area contributed by atoms with Crippen LogP contribution in [0.15, 0.2) is 53.7 Å². The molecule has 2 aromatic carbocycles. The van der Waals surface area contributed by atoms with E-state index in [4.69, 9.17) is 9.94 Å². The van der Waals surface area contributed by atoms with E-state index in [-0.39, 0.29) is 5.82 Å². The number of para-hydroxylation sites is 1. The van der Waals surface area contributed by atoms with Gasteiger partial charge in [0, 0.05) is 12.0 Å². The number of ether oxygens (including phenoxy) is 1. The monoisotopic (exact) mass is 257 g/mol. The Morgan fingerprint density at radius 3 is 2.58 bits per heavy atom. The second-order valence-electron chi connectivity index (χ2n) is 4.43. The van der Waals surface area contributed by atoms with Gasteiger partial charge in [-0.15, -0.1) is 0 Å². The first-order valence-corrected chi connectivity index (χ1v) is 5.99. The highest BCUT2D eigenvalue weighted by Gasteiger charge is 2.27. The molecule has 0 fully saturated rings. The van der Waals surface area contributed by atoms with Crippen LogP contribution in [0.3, 0.4) is 0 Å². The predicted octanol–water partition coefficient (Wildman–Crippen LogP) is 3.33. The maximum Gasteiger partial charge on any atom is 0.165 e. The van der Waals surface area contributed by atoms with Crippen molar-refractivity contribution in [1.29, 1.82) is 0 Å². The van der Waals surface area contributed by atoms with Gasteiger partial charge in [0.15, 0.2) is 6.10 Å². The van der Waals surface area contributed by atoms with E-state index in [1.54, 1.807) is 12.1 Å². The maximum absolute atomic E-state index is 13.0. The minimum atomic E-state index is -0.472. The Bertz CT molecular complexity index is 622. The molecule has 1 aliphatic heterocycles. The van der Waals surface area contributed by atoms with Crippen molar-refractivity contribution in [3.05, 3.63) is 65.5 Å². The molecular weight excluding hydrogens is 245 g/mol. The topological polar surface area (TPSA) is 41.8 Å². The minimum absolute atomic E-state index is 0.303. The first kappa shape index (κ1) is 11.7. The van der Waals surface area contributed by atoms with Crippen molar-refractivity contribution in [3.8, 4) is 5.75 Å². The van der Waals surface area contributed by atoms with E-state index in [1.165, 1.54) is 12.1 Å². The number of oxime groups is 1. The minimum Gasteiger partial charge on any atom is -0.479 e. The van der Waals surface area contributed by atoms with Crippen molar-refractivity contribution in [2.24, 2.45) is 5.16 Å². The Kier molecular flexibility index (Phi) is 2.91. The second-order valence-corrected chi connectivity index (χ2v) is 4.43. The fourth-order valence-corrected chi connectivity index (χ4v) is 2.23. The van der Waals surface area contributed by atoms with Crippen LogP contribution in [0.2, 0.25) is 0 Å². The quantitative estimate of drug-likeness (QED) is 0.629. The smallest absolute Gasteiger partial charge is 0.165 e. The van der Waals surface area contributed by atoms with Gasteiger partial charge in [-0.2, -0.15) is 0 Å². The molecule has 1 heterocycles. The molecule has 3 nitrogen and oxygen atoms in total. The van der Waals surface area contributed by atoms with E-state index in [0.717, 1.165) is 16.9 Å². The lowest BCUT2D eigenvalue weighted by Gasteiger charge is -2.27. The van der Waals surface area contributed by atoms with Crippen molar-refractivity contribution in [2.75, 3.05) is 0 Å². The fourth-order valence-electron chi connectivity index (χ4n) is 2.23. The highest BCUT2D eigenvalue weighted by atomic mass is 19.1. The zero-order valence-corrected chi connectivity index (χ0v) is 10.1. The van der Waals surface area contributed by atoms with E-state index in [0.29, 0.717) is 12.1 Å². The van der Waals surface area contributed by atoms with Crippen molar-refractivity contribution in [2.45, 2.75) is 12.5 Å². The van der Waals surface area contributed by atoms with Crippen molar-refractivity contribution in [1.82, 2.24) is 0 Å². The molecule has 0 amide bonds. The van der Waals surface area contributed by atoms with E-state index in [9.17, 15) is 4.39 Å². The summed E-state index contributed by atoms with van der Waals surface area (Å²) < 4.78 is 18.8. The van der Waals surface area contributed by atoms with Gasteiger partial charge in [0.2, 0.25) is 0 Å². The maximum atomic E-state index is 13.0. The highest BCUT2D eigenvalue weighted by Crippen LogP contribution is 2.33. The van der Waals surface area contributed by atoms with Crippen LogP contribution < -0.4 is 4.74 Å². The lowest BCUT2D eigenvalue weighted by atomic mass is 9.95. The van der Waals surface area contributed by atoms with Gasteiger partial charge in [0.05, 0.1) is 0 Å². The van der Waals surface area contributed by atoms with E-state index in [1.807, 2.05) is 24.3 Å². The SMILES string of the molecule is O/N=C1\Cc2ccccc2OC1c1ccc(F)cc1. The molecule has 0 saturated heterocycles. The van der Waals surface area contributed by atoms with Crippen molar-refractivity contribution in [3.63, 3.8) is 0 Å². The number of fused-ring (bicyclic) bond motifs is 1. The van der Waals surface area contributed by atoms with Gasteiger partial charge < -0.3 is 9.94 Å². The zero-order chi connectivity index (χ0) is 13.2. The molecule has 0 spiro atoms. The first-order chi connectivity index (χ1) is 9.28. The van der Waals surface area contributed by atoms with Crippen LogP contribution in [0.1, 0.15) is 17.2 Å². The fraction of sp³-hybridized carbons (Fsp3) is 0.133. The van der Waals surface area contributed by atoms with Crippen molar-refractivity contribution < 1.29 is 14.3 Å². The van der Waals surface area contributed by atoms with Gasteiger partial charge in [-0.25, -0.2) is 4.39 Å². The van der Waals surface area contributed by atoms with Gasteiger partial charge in [-0.3, -0.25) is 0 Å². The zero-order valence-electron chi connectivity index (χ0n) is 10.1. The normalized spacial score (nSPS) is 19.8. The second kappa shape index (κ2) is 4.72. The van der Waals surface area contributed by atoms with Gasteiger partial charge in [-0.05, 0) is 23.8 Å². The van der Waals surface area contributed by atoms with Crippen molar-refractivity contribution >= 4 is 5.71 Å². The Balaban J connectivity index is 2.00. The predicted molar refractivity (Wildman–Crippen MR) is 69.1 cm³/mol. The summed E-state index contributed by atoms with van der Waals surface area (Å²) in [5.41, 5.74) is 2.27. The summed E-state index contributed by atoms with van der Waals surface area (Å²) in [5, 5.41) is 12.5. The molecule has 1 aliphatic rings. The largest absolute Gasteiger partial charge is 0.479 e. The van der Waals surface area contributed by atoms with Crippen LogP contribution in [-0.4, -0.2) is 10.9 Å². The molecule has 1 N–H and O–H groups in total. The summed E-state index contributed by atoms with van der Waals surface area (Å²) in [6, 6.07) is 13.6. The number of hydrogen-bond donors (Lipinski definition) is 1. The van der Waals surface area contributed by atoms with Crippen LogP contribution in [0.5, 0.6) is 5.75 Å². The summed E-state index contributed by atoms with van der Waals surface area (Å²) in [6.45, 7) is 0. The van der Waals surface area contributed by atoms with Gasteiger partial charge in [0.25, 0.3) is 0 Å². The van der Waals surface area contributed by atoms with Crippen LogP contribution in [0, 0.1) is 5.82 Å². The average Bonchev–Trinajstić information content (AvgIpc) is 2.46. The van der Waals surface area contributed by atoms with Gasteiger partial charge >= 0.3 is 0 Å². The average molecular weight is 257 g/mol. The van der Waals surface area contributed by atoms with E-state index in [2.05, 4.69) is 5.16 Å². The number of rotatable bonds is 1. The van der Waals surface area contributed by atoms with Crippen LogP contribution >= 0.6 is 0 Å². The Hall–Kier alpha value is -2.36. The molecule has 4 heteroatoms. The standard InChI is InChI=1S/C15H12FNO2/c16-12-7-5-10(6-8-12)15-13(17-18)9-11-3-1-2-4-14(11)19-15/h1-8,15,18H,9H2/b17-13+. The number of halogens is 1. The van der Waals surface area contributed by atoms with Crippen LogP contribution in [0.25, 0.3) is 0 Å². The van der Waals surface area contributed by atoms with Gasteiger partial charge in [0.1, 0.15) is 17.3 Å². The van der Waals surface area contributed by atoms with E-state index < -0.39 is 6.10 Å². The lowest BCUT2D eigenvalue weighted by molar-refractivity contribution is 0.243. The lowest BCUT2D eigenvalue weighted by Crippen LogP contribution is -2.26. The molecule has 0 radical (unpaired) electrons. The van der Waals surface area contributed by atoms with E-state index >= 15 is 0 Å². The molecular formula is C15H12FNO2. The molecule has 19 heavy (non-hydrogen) atoms. The first-order valence-electron chi connectivity index (χ1n) is 5.99. The van der Waals surface area contributed by atoms with Gasteiger partial charge in [-0.1, -0.05) is 35.5 Å². The number of nitrogens with zero attached hydrogens (tertiary/aromatic N) is 1. The molecule has 0 saturated carbocycles. The third-order valence-electron chi connectivity index (χ3n) is 3.19. The Morgan fingerprint density at radius 2 is 1.84 bits per heavy atom. The summed E-state index contributed by atoms with van der Waals surface area (Å²) in [6.07, 6.45) is 0.0508. The Morgan fingerprint density at radius 1 is 1.11 bits per heavy atom. The summed E-state index contributed by atoms with van der Waals surface area (Å²) in [5.74, 6) is 0.465. The molecule has 0 aliphatic carbocycles. The van der Waals surface area contributed by atoms with Crippen LogP contribution in [0.4, 0.5) is 4.39 Å². The molecule has 0 bridgehead atoms. The molecule has 1 atom stereocenters. The molecule has 2 aromatic rings. The number of benzene rings is 2. The summed E-state index contributed by atoms with van der Waals surface area (Å²) in [7, 11) is 0. The summed E-state index contributed by atoms with van der Waals surface area (Å²) in [4.78, 5) is 0. The summed E-state index contributed by atoms with van der Waals surface area (Å²) >= 11 is 0. The van der Waals surface area contributed by atoms with Crippen LogP contribution in [-0.2, 0) is 6.42 Å². The number of hydrogen-bond acceptors (Lipinski definition) is 3. The Labute approximate surface area is 110 Å². The molecule has 3 rings (SSSR count).